The van der Waals surface area contributed by atoms with E-state index in [4.69, 9.17) is 0 Å². The van der Waals surface area contributed by atoms with E-state index >= 15 is 0 Å². The molecular weight excluding hydrogens is 344 g/mol. The molecule has 0 saturated carbocycles. The summed E-state index contributed by atoms with van der Waals surface area (Å²) < 4.78 is 12.4. The Morgan fingerprint density at radius 2 is 1.85 bits per heavy atom. The van der Waals surface area contributed by atoms with E-state index in [1.807, 2.05) is 54.6 Å². The number of hydrogen-bond acceptors (Lipinski definition) is 3. The van der Waals surface area contributed by atoms with Crippen LogP contribution >= 0.6 is 0 Å². The predicted octanol–water partition coefficient (Wildman–Crippen LogP) is 3.46. The smallest absolute Gasteiger partial charge is 0.224 e. The molecule has 3 rings (SSSR count). The van der Waals surface area contributed by atoms with Crippen LogP contribution in [0.2, 0.25) is 0 Å². The van der Waals surface area contributed by atoms with Crippen LogP contribution < -0.4 is 10.6 Å². The second-order valence-electron chi connectivity index (χ2n) is 6.86. The summed E-state index contributed by atoms with van der Waals surface area (Å²) in [5.41, 5.74) is 2.85. The molecule has 2 atom stereocenters. The lowest BCUT2D eigenvalue weighted by Crippen LogP contribution is -2.15. The van der Waals surface area contributed by atoms with Gasteiger partial charge >= 0.3 is 0 Å². The van der Waals surface area contributed by atoms with Crippen molar-refractivity contribution in [2.45, 2.75) is 30.8 Å². The Bertz CT molecular complexity index is 743. The minimum Gasteiger partial charge on any atom is -0.326 e. The first kappa shape index (κ1) is 18.8. The maximum Gasteiger partial charge on any atom is 0.224 e. The molecule has 138 valence electrons. The van der Waals surface area contributed by atoms with Crippen LogP contribution in [0.25, 0.3) is 0 Å². The van der Waals surface area contributed by atoms with Gasteiger partial charge in [0, 0.05) is 34.4 Å². The van der Waals surface area contributed by atoms with Gasteiger partial charge in [-0.3, -0.25) is 9.00 Å². The molecule has 0 spiro atoms. The molecule has 1 aliphatic rings. The maximum absolute atomic E-state index is 12.4. The van der Waals surface area contributed by atoms with Crippen LogP contribution in [0.5, 0.6) is 0 Å². The average Bonchev–Trinajstić information content (AvgIpc) is 3.14. The van der Waals surface area contributed by atoms with E-state index in [0.29, 0.717) is 23.8 Å². The van der Waals surface area contributed by atoms with Gasteiger partial charge < -0.3 is 10.6 Å². The fourth-order valence-corrected chi connectivity index (χ4v) is 4.47. The highest BCUT2D eigenvalue weighted by Gasteiger charge is 2.15. The Morgan fingerprint density at radius 1 is 1.08 bits per heavy atom. The second kappa shape index (κ2) is 9.64. The highest BCUT2D eigenvalue weighted by molar-refractivity contribution is 7.83. The van der Waals surface area contributed by atoms with Gasteiger partial charge in [0.05, 0.1) is 0 Å². The number of amides is 1. The van der Waals surface area contributed by atoms with Crippen molar-refractivity contribution in [3.63, 3.8) is 0 Å². The van der Waals surface area contributed by atoms with Crippen molar-refractivity contribution < 1.29 is 9.00 Å². The van der Waals surface area contributed by atoms with Gasteiger partial charge in [-0.15, -0.1) is 0 Å². The van der Waals surface area contributed by atoms with Crippen molar-refractivity contribution >= 4 is 22.4 Å². The van der Waals surface area contributed by atoms with Crippen molar-refractivity contribution in [3.8, 4) is 0 Å². The van der Waals surface area contributed by atoms with Gasteiger partial charge in [0.1, 0.15) is 0 Å². The average molecular weight is 371 g/mol. The van der Waals surface area contributed by atoms with Gasteiger partial charge in [-0.25, -0.2) is 0 Å². The van der Waals surface area contributed by atoms with Gasteiger partial charge in [0.2, 0.25) is 5.91 Å². The topological polar surface area (TPSA) is 58.2 Å². The van der Waals surface area contributed by atoms with Crippen LogP contribution in [0.4, 0.5) is 5.69 Å². The van der Waals surface area contributed by atoms with Crippen molar-refractivity contribution in [2.75, 3.05) is 18.4 Å². The molecule has 1 saturated heterocycles. The molecule has 5 heteroatoms. The SMILES string of the molecule is O=C(CCC1CCNC1)Nc1cccc(CS(=O)Cc2ccccc2)c1. The second-order valence-corrected chi connectivity index (χ2v) is 8.32. The summed E-state index contributed by atoms with van der Waals surface area (Å²) in [6.07, 6.45) is 2.64. The number of anilines is 1. The van der Waals surface area contributed by atoms with E-state index in [9.17, 15) is 9.00 Å². The summed E-state index contributed by atoms with van der Waals surface area (Å²) in [5.74, 6) is 1.71. The minimum absolute atomic E-state index is 0.0551. The van der Waals surface area contributed by atoms with E-state index in [-0.39, 0.29) is 5.91 Å². The van der Waals surface area contributed by atoms with Crippen molar-refractivity contribution in [2.24, 2.45) is 5.92 Å². The molecule has 0 aromatic heterocycles. The largest absolute Gasteiger partial charge is 0.326 e. The summed E-state index contributed by atoms with van der Waals surface area (Å²) in [5, 5.41) is 6.30. The zero-order valence-electron chi connectivity index (χ0n) is 14.9. The highest BCUT2D eigenvalue weighted by atomic mass is 32.2. The number of nitrogens with one attached hydrogen (secondary N) is 2. The zero-order chi connectivity index (χ0) is 18.2. The lowest BCUT2D eigenvalue weighted by atomic mass is 10.0. The first-order chi connectivity index (χ1) is 12.7. The van der Waals surface area contributed by atoms with Gasteiger partial charge in [0.25, 0.3) is 0 Å². The number of benzene rings is 2. The zero-order valence-corrected chi connectivity index (χ0v) is 15.8. The third kappa shape index (κ3) is 6.07. The molecule has 2 aromatic rings. The third-order valence-corrected chi connectivity index (χ3v) is 5.96. The summed E-state index contributed by atoms with van der Waals surface area (Å²) in [6, 6.07) is 17.6. The number of rotatable bonds is 8. The van der Waals surface area contributed by atoms with Crippen molar-refractivity contribution in [1.29, 1.82) is 0 Å². The van der Waals surface area contributed by atoms with E-state index in [1.165, 1.54) is 0 Å². The first-order valence-corrected chi connectivity index (χ1v) is 10.7. The molecule has 2 N–H and O–H groups in total. The Labute approximate surface area is 157 Å². The Hall–Kier alpha value is -1.98. The van der Waals surface area contributed by atoms with Crippen molar-refractivity contribution in [1.82, 2.24) is 5.32 Å². The Morgan fingerprint density at radius 3 is 2.62 bits per heavy atom. The van der Waals surface area contributed by atoms with Gasteiger partial charge in [0.15, 0.2) is 0 Å². The fraction of sp³-hybridized carbons (Fsp3) is 0.381. The van der Waals surface area contributed by atoms with Crippen LogP contribution in [-0.2, 0) is 27.1 Å². The molecular formula is C21H26N2O2S. The molecule has 1 heterocycles. The molecule has 26 heavy (non-hydrogen) atoms. The van der Waals surface area contributed by atoms with Crippen LogP contribution in [-0.4, -0.2) is 23.2 Å². The van der Waals surface area contributed by atoms with Gasteiger partial charge in [-0.1, -0.05) is 42.5 Å². The Kier molecular flexibility index (Phi) is 6.97. The lowest BCUT2D eigenvalue weighted by Gasteiger charge is -2.10. The fourth-order valence-electron chi connectivity index (χ4n) is 3.26. The maximum atomic E-state index is 12.4. The summed E-state index contributed by atoms with van der Waals surface area (Å²) in [6.45, 7) is 2.09. The summed E-state index contributed by atoms with van der Waals surface area (Å²) >= 11 is 0. The molecule has 0 aliphatic carbocycles. The highest BCUT2D eigenvalue weighted by Crippen LogP contribution is 2.17. The standard InChI is InChI=1S/C21H26N2O2S/c24-21(10-9-17-11-12-22-14-17)23-20-8-4-7-19(13-20)16-26(25)15-18-5-2-1-3-6-18/h1-8,13,17,22H,9-12,14-16H2,(H,23,24). The molecule has 1 fully saturated rings. The number of carbonyl (C=O) groups is 1. The Balaban J connectivity index is 1.49. The molecule has 2 aromatic carbocycles. The number of hydrogen-bond donors (Lipinski definition) is 2. The van der Waals surface area contributed by atoms with E-state index in [1.54, 1.807) is 0 Å². The van der Waals surface area contributed by atoms with Crippen LogP contribution in [0.1, 0.15) is 30.4 Å². The monoisotopic (exact) mass is 370 g/mol. The molecule has 2 unspecified atom stereocenters. The molecule has 1 aliphatic heterocycles. The van der Waals surface area contributed by atoms with Crippen molar-refractivity contribution in [3.05, 3.63) is 65.7 Å². The normalized spacial score (nSPS) is 17.8. The molecule has 0 bridgehead atoms. The van der Waals surface area contributed by atoms with E-state index < -0.39 is 10.8 Å². The van der Waals surface area contributed by atoms with Crippen LogP contribution in [0.3, 0.4) is 0 Å². The first-order valence-electron chi connectivity index (χ1n) is 9.17. The summed E-state index contributed by atoms with van der Waals surface area (Å²) in [4.78, 5) is 12.2. The van der Waals surface area contributed by atoms with E-state index in [0.717, 1.165) is 42.7 Å². The molecule has 0 radical (unpaired) electrons. The molecule has 1 amide bonds. The third-order valence-electron chi connectivity index (χ3n) is 4.65. The van der Waals surface area contributed by atoms with Gasteiger partial charge in [-0.2, -0.15) is 0 Å². The minimum atomic E-state index is -0.968. The molecule has 4 nitrogen and oxygen atoms in total. The van der Waals surface area contributed by atoms with Gasteiger partial charge in [-0.05, 0) is 55.1 Å². The van der Waals surface area contributed by atoms with E-state index in [2.05, 4.69) is 10.6 Å². The quantitative estimate of drug-likeness (QED) is 0.748. The summed E-state index contributed by atoms with van der Waals surface area (Å²) in [7, 11) is -0.968. The number of carbonyl (C=O) groups excluding carboxylic acids is 1. The van der Waals surface area contributed by atoms with Crippen LogP contribution in [0, 0.1) is 5.92 Å². The van der Waals surface area contributed by atoms with Crippen LogP contribution in [0.15, 0.2) is 54.6 Å². The predicted molar refractivity (Wildman–Crippen MR) is 107 cm³/mol. The lowest BCUT2D eigenvalue weighted by molar-refractivity contribution is -0.116.